The van der Waals surface area contributed by atoms with Crippen LogP contribution in [0.15, 0.2) is 18.5 Å². The van der Waals surface area contributed by atoms with Crippen LogP contribution in [0.1, 0.15) is 49.4 Å². The Kier molecular flexibility index (Phi) is 3.09. The van der Waals surface area contributed by atoms with E-state index in [9.17, 15) is 0 Å². The van der Waals surface area contributed by atoms with Crippen molar-refractivity contribution in [2.24, 2.45) is 0 Å². The molecule has 1 aliphatic rings. The van der Waals surface area contributed by atoms with E-state index in [0.717, 1.165) is 17.2 Å². The monoisotopic (exact) mass is 242 g/mol. The fourth-order valence-corrected chi connectivity index (χ4v) is 2.65. The van der Waals surface area contributed by atoms with Gasteiger partial charge in [0, 0.05) is 23.9 Å². The zero-order valence-electron chi connectivity index (χ0n) is 10.7. The van der Waals surface area contributed by atoms with Gasteiger partial charge in [-0.2, -0.15) is 5.10 Å². The van der Waals surface area contributed by atoms with E-state index >= 15 is 0 Å². The van der Waals surface area contributed by atoms with E-state index < -0.39 is 0 Å². The highest BCUT2D eigenvalue weighted by atomic mass is 15.2. The van der Waals surface area contributed by atoms with E-state index in [-0.39, 0.29) is 0 Å². The fourth-order valence-electron chi connectivity index (χ4n) is 2.65. The summed E-state index contributed by atoms with van der Waals surface area (Å²) in [4.78, 5) is 8.81. The third-order valence-corrected chi connectivity index (χ3v) is 3.77. The maximum absolute atomic E-state index is 4.66. The van der Waals surface area contributed by atoms with Gasteiger partial charge in [-0.25, -0.2) is 4.98 Å². The summed E-state index contributed by atoms with van der Waals surface area (Å²) in [6.45, 7) is 2.06. The number of aromatic nitrogens is 4. The number of pyridine rings is 1. The lowest BCUT2D eigenvalue weighted by Crippen LogP contribution is -2.06. The Labute approximate surface area is 107 Å². The van der Waals surface area contributed by atoms with Crippen LogP contribution in [-0.2, 0) is 0 Å². The number of hydrogen-bond acceptors (Lipinski definition) is 3. The zero-order chi connectivity index (χ0) is 12.4. The van der Waals surface area contributed by atoms with E-state index in [0.29, 0.717) is 5.92 Å². The van der Waals surface area contributed by atoms with Gasteiger partial charge in [0.2, 0.25) is 0 Å². The summed E-state index contributed by atoms with van der Waals surface area (Å²) in [5.74, 6) is 2.39. The van der Waals surface area contributed by atoms with Crippen molar-refractivity contribution in [2.75, 3.05) is 0 Å². The standard InChI is InChI=1S/C14H18N4/c1-10-7-8-15-9-12(10)14-16-13(17-18-14)11-5-3-2-4-6-11/h7-9,11H,2-6H2,1H3,(H,16,17,18). The molecule has 1 fully saturated rings. The van der Waals surface area contributed by atoms with Crippen molar-refractivity contribution in [1.82, 2.24) is 20.2 Å². The lowest BCUT2D eigenvalue weighted by atomic mass is 9.89. The summed E-state index contributed by atoms with van der Waals surface area (Å²) >= 11 is 0. The number of aromatic amines is 1. The van der Waals surface area contributed by atoms with Crippen LogP contribution in [0.4, 0.5) is 0 Å². The Bertz CT molecular complexity index is 526. The third-order valence-electron chi connectivity index (χ3n) is 3.77. The van der Waals surface area contributed by atoms with Gasteiger partial charge >= 0.3 is 0 Å². The highest BCUT2D eigenvalue weighted by Crippen LogP contribution is 2.31. The molecular formula is C14H18N4. The molecule has 0 bridgehead atoms. The van der Waals surface area contributed by atoms with E-state index in [1.54, 1.807) is 6.20 Å². The smallest absolute Gasteiger partial charge is 0.182 e. The first-order chi connectivity index (χ1) is 8.84. The van der Waals surface area contributed by atoms with Crippen molar-refractivity contribution >= 4 is 0 Å². The van der Waals surface area contributed by atoms with Crippen LogP contribution in [0.3, 0.4) is 0 Å². The van der Waals surface area contributed by atoms with Gasteiger partial charge in [0.25, 0.3) is 0 Å². The first-order valence-corrected chi connectivity index (χ1v) is 6.68. The second-order valence-electron chi connectivity index (χ2n) is 5.07. The van der Waals surface area contributed by atoms with Gasteiger partial charge in [-0.3, -0.25) is 10.1 Å². The van der Waals surface area contributed by atoms with Gasteiger partial charge < -0.3 is 0 Å². The second-order valence-corrected chi connectivity index (χ2v) is 5.07. The normalized spacial score (nSPS) is 16.9. The maximum atomic E-state index is 4.66. The molecule has 1 saturated carbocycles. The molecule has 18 heavy (non-hydrogen) atoms. The van der Waals surface area contributed by atoms with Crippen LogP contribution in [0.25, 0.3) is 11.4 Å². The van der Waals surface area contributed by atoms with Crippen LogP contribution in [0.5, 0.6) is 0 Å². The molecule has 2 heterocycles. The Balaban J connectivity index is 1.87. The molecule has 1 aliphatic carbocycles. The van der Waals surface area contributed by atoms with E-state index in [2.05, 4.69) is 27.1 Å². The van der Waals surface area contributed by atoms with Gasteiger partial charge in [0.05, 0.1) is 0 Å². The Hall–Kier alpha value is -1.71. The molecule has 0 amide bonds. The van der Waals surface area contributed by atoms with Crippen molar-refractivity contribution in [2.45, 2.75) is 44.9 Å². The first kappa shape index (κ1) is 11.4. The van der Waals surface area contributed by atoms with E-state index in [1.807, 2.05) is 12.3 Å². The summed E-state index contributed by atoms with van der Waals surface area (Å²) in [7, 11) is 0. The second kappa shape index (κ2) is 4.88. The first-order valence-electron chi connectivity index (χ1n) is 6.68. The molecule has 4 nitrogen and oxygen atoms in total. The molecule has 0 radical (unpaired) electrons. The molecule has 4 heteroatoms. The zero-order valence-corrected chi connectivity index (χ0v) is 10.7. The maximum Gasteiger partial charge on any atom is 0.182 e. The van der Waals surface area contributed by atoms with Gasteiger partial charge in [-0.15, -0.1) is 0 Å². The molecule has 94 valence electrons. The molecule has 0 aromatic carbocycles. The van der Waals surface area contributed by atoms with Crippen LogP contribution in [-0.4, -0.2) is 20.2 Å². The summed E-state index contributed by atoms with van der Waals surface area (Å²) in [6.07, 6.45) is 10.1. The van der Waals surface area contributed by atoms with Gasteiger partial charge in [0.1, 0.15) is 5.82 Å². The van der Waals surface area contributed by atoms with Crippen molar-refractivity contribution in [3.05, 3.63) is 29.8 Å². The Morgan fingerprint density at radius 2 is 2.06 bits per heavy atom. The van der Waals surface area contributed by atoms with Crippen molar-refractivity contribution in [3.8, 4) is 11.4 Å². The Morgan fingerprint density at radius 3 is 2.83 bits per heavy atom. The van der Waals surface area contributed by atoms with Crippen LogP contribution in [0.2, 0.25) is 0 Å². The van der Waals surface area contributed by atoms with Gasteiger partial charge in [0.15, 0.2) is 5.82 Å². The van der Waals surface area contributed by atoms with Gasteiger partial charge in [-0.1, -0.05) is 19.3 Å². The fraction of sp³-hybridized carbons (Fsp3) is 0.500. The minimum absolute atomic E-state index is 0.567. The van der Waals surface area contributed by atoms with Crippen molar-refractivity contribution in [3.63, 3.8) is 0 Å². The van der Waals surface area contributed by atoms with Crippen molar-refractivity contribution < 1.29 is 0 Å². The average molecular weight is 242 g/mol. The minimum atomic E-state index is 0.567. The number of nitrogens with one attached hydrogen (secondary N) is 1. The summed E-state index contributed by atoms with van der Waals surface area (Å²) in [5.41, 5.74) is 2.19. The predicted octanol–water partition coefficient (Wildman–Crippen LogP) is 3.22. The summed E-state index contributed by atoms with van der Waals surface area (Å²) < 4.78 is 0. The van der Waals surface area contributed by atoms with Crippen LogP contribution in [0, 0.1) is 6.92 Å². The van der Waals surface area contributed by atoms with E-state index in [4.69, 9.17) is 0 Å². The predicted molar refractivity (Wildman–Crippen MR) is 70.2 cm³/mol. The molecule has 0 saturated heterocycles. The molecule has 3 rings (SSSR count). The topological polar surface area (TPSA) is 54.5 Å². The highest BCUT2D eigenvalue weighted by molar-refractivity contribution is 5.57. The molecule has 2 aromatic rings. The largest absolute Gasteiger partial charge is 0.264 e. The Morgan fingerprint density at radius 1 is 1.22 bits per heavy atom. The molecule has 0 aliphatic heterocycles. The highest BCUT2D eigenvalue weighted by Gasteiger charge is 2.19. The quantitative estimate of drug-likeness (QED) is 0.879. The van der Waals surface area contributed by atoms with E-state index in [1.165, 1.54) is 37.7 Å². The molecule has 2 aromatic heterocycles. The molecule has 0 unspecified atom stereocenters. The molecular weight excluding hydrogens is 224 g/mol. The SMILES string of the molecule is Cc1ccncc1-c1n[nH]c(C2CCCCC2)n1. The average Bonchev–Trinajstić information content (AvgIpc) is 2.90. The van der Waals surface area contributed by atoms with Crippen LogP contribution < -0.4 is 0 Å². The number of nitrogens with zero attached hydrogens (tertiary/aromatic N) is 3. The number of aryl methyl sites for hydroxylation is 1. The minimum Gasteiger partial charge on any atom is -0.264 e. The third kappa shape index (κ3) is 2.15. The van der Waals surface area contributed by atoms with Gasteiger partial charge in [-0.05, 0) is 31.4 Å². The molecule has 0 spiro atoms. The number of hydrogen-bond donors (Lipinski definition) is 1. The van der Waals surface area contributed by atoms with Crippen molar-refractivity contribution in [1.29, 1.82) is 0 Å². The molecule has 1 N–H and O–H groups in total. The lowest BCUT2D eigenvalue weighted by molar-refractivity contribution is 0.429. The number of rotatable bonds is 2. The summed E-state index contributed by atoms with van der Waals surface area (Å²) in [6, 6.07) is 1.99. The summed E-state index contributed by atoms with van der Waals surface area (Å²) in [5, 5.41) is 7.46. The number of H-pyrrole nitrogens is 1. The van der Waals surface area contributed by atoms with Crippen LogP contribution >= 0.6 is 0 Å². The molecule has 0 atom stereocenters. The lowest BCUT2D eigenvalue weighted by Gasteiger charge is -2.18.